The summed E-state index contributed by atoms with van der Waals surface area (Å²) in [4.78, 5) is 34.6. The molecule has 8 nitrogen and oxygen atoms in total. The Bertz CT molecular complexity index is 448. The summed E-state index contributed by atoms with van der Waals surface area (Å²) in [6, 6.07) is 3.13. The van der Waals surface area contributed by atoms with Crippen LogP contribution in [0.4, 0.5) is 0 Å². The summed E-state index contributed by atoms with van der Waals surface area (Å²) in [5.41, 5.74) is 0.582. The van der Waals surface area contributed by atoms with Crippen molar-refractivity contribution in [2.45, 2.75) is 12.3 Å². The fourth-order valence-corrected chi connectivity index (χ4v) is 1.59. The molecule has 0 spiro atoms. The zero-order valence-electron chi connectivity index (χ0n) is 9.39. The minimum absolute atomic E-state index is 0.216. The molecule has 0 aliphatic heterocycles. The van der Waals surface area contributed by atoms with Crippen molar-refractivity contribution in [3.05, 3.63) is 50.3 Å². The highest BCUT2D eigenvalue weighted by molar-refractivity contribution is 5.80. The quantitative estimate of drug-likeness (QED) is 0.521. The molecule has 8 heteroatoms. The van der Waals surface area contributed by atoms with E-state index in [2.05, 4.69) is 4.98 Å². The fraction of sp³-hybridized carbons (Fsp3) is 0.400. The third-order valence-corrected chi connectivity index (χ3v) is 2.33. The molecule has 1 rings (SSSR count). The predicted octanol–water partition coefficient (Wildman–Crippen LogP) is 0.678. The average Bonchev–Trinajstić information content (AvgIpc) is 2.27. The van der Waals surface area contributed by atoms with Crippen molar-refractivity contribution in [3.8, 4) is 0 Å². The van der Waals surface area contributed by atoms with Crippen LogP contribution in [-0.2, 0) is 4.79 Å². The maximum atomic E-state index is 11.3. The molecule has 0 saturated heterocycles. The van der Waals surface area contributed by atoms with Gasteiger partial charge in [0.25, 0.3) is 6.54 Å². The SMILES string of the molecule is O=C(CC(C[N+](=O)[O-])c1ccncc1)C[N+](=O)[O-]. The van der Waals surface area contributed by atoms with Gasteiger partial charge in [0.1, 0.15) is 0 Å². The van der Waals surface area contributed by atoms with Crippen LogP contribution in [0.3, 0.4) is 0 Å². The maximum Gasteiger partial charge on any atom is 0.261 e. The molecule has 1 aromatic rings. The lowest BCUT2D eigenvalue weighted by molar-refractivity contribution is -0.483. The second-order valence-corrected chi connectivity index (χ2v) is 3.73. The zero-order valence-corrected chi connectivity index (χ0v) is 9.39. The lowest BCUT2D eigenvalue weighted by atomic mass is 9.94. The van der Waals surface area contributed by atoms with Crippen LogP contribution in [0.2, 0.25) is 0 Å². The highest BCUT2D eigenvalue weighted by atomic mass is 16.6. The molecule has 0 saturated carbocycles. The second-order valence-electron chi connectivity index (χ2n) is 3.73. The predicted molar refractivity (Wildman–Crippen MR) is 60.3 cm³/mol. The molecule has 0 fully saturated rings. The van der Waals surface area contributed by atoms with E-state index in [-0.39, 0.29) is 6.42 Å². The lowest BCUT2D eigenvalue weighted by Gasteiger charge is -2.10. The first kappa shape index (κ1) is 13.7. The van der Waals surface area contributed by atoms with Crippen molar-refractivity contribution < 1.29 is 14.6 Å². The summed E-state index contributed by atoms with van der Waals surface area (Å²) < 4.78 is 0. The number of hydrogen-bond acceptors (Lipinski definition) is 6. The topological polar surface area (TPSA) is 116 Å². The van der Waals surface area contributed by atoms with Crippen LogP contribution in [0.25, 0.3) is 0 Å². The third kappa shape index (κ3) is 4.64. The van der Waals surface area contributed by atoms with Crippen molar-refractivity contribution in [2.24, 2.45) is 0 Å². The van der Waals surface area contributed by atoms with Gasteiger partial charge in [-0.1, -0.05) is 0 Å². The third-order valence-electron chi connectivity index (χ3n) is 2.33. The van der Waals surface area contributed by atoms with Crippen LogP contribution < -0.4 is 0 Å². The van der Waals surface area contributed by atoms with Gasteiger partial charge >= 0.3 is 0 Å². The normalized spacial score (nSPS) is 11.8. The van der Waals surface area contributed by atoms with E-state index in [0.29, 0.717) is 5.56 Å². The summed E-state index contributed by atoms with van der Waals surface area (Å²) in [5, 5.41) is 20.7. The van der Waals surface area contributed by atoms with Gasteiger partial charge in [0.05, 0.1) is 5.92 Å². The van der Waals surface area contributed by atoms with Crippen LogP contribution >= 0.6 is 0 Å². The molecule has 0 amide bonds. The van der Waals surface area contributed by atoms with Crippen LogP contribution in [0, 0.1) is 20.2 Å². The zero-order chi connectivity index (χ0) is 13.5. The van der Waals surface area contributed by atoms with E-state index < -0.39 is 34.6 Å². The Morgan fingerprint density at radius 3 is 2.33 bits per heavy atom. The molecule has 0 radical (unpaired) electrons. The first-order chi connectivity index (χ1) is 8.49. The van der Waals surface area contributed by atoms with Gasteiger partial charge in [-0.25, -0.2) is 0 Å². The van der Waals surface area contributed by atoms with Crippen LogP contribution in [-0.4, -0.2) is 33.7 Å². The summed E-state index contributed by atoms with van der Waals surface area (Å²) >= 11 is 0. The molecule has 96 valence electrons. The van der Waals surface area contributed by atoms with E-state index in [1.807, 2.05) is 0 Å². The molecule has 1 unspecified atom stereocenters. The Hall–Kier alpha value is -2.38. The molecule has 0 aliphatic carbocycles. The average molecular weight is 253 g/mol. The maximum absolute atomic E-state index is 11.3. The largest absolute Gasteiger partial charge is 0.292 e. The fourth-order valence-electron chi connectivity index (χ4n) is 1.59. The Kier molecular flexibility index (Phi) is 4.85. The van der Waals surface area contributed by atoms with E-state index in [0.717, 1.165) is 0 Å². The highest BCUT2D eigenvalue weighted by Crippen LogP contribution is 2.19. The standard InChI is InChI=1S/C10H11N3O5/c14-10(7-13(17)18)5-9(6-12(15)16)8-1-3-11-4-2-8/h1-4,9H,5-7H2. The van der Waals surface area contributed by atoms with Crippen molar-refractivity contribution in [1.82, 2.24) is 4.98 Å². The van der Waals surface area contributed by atoms with Crippen molar-refractivity contribution >= 4 is 5.78 Å². The number of pyridine rings is 1. The molecule has 18 heavy (non-hydrogen) atoms. The van der Waals surface area contributed by atoms with E-state index in [4.69, 9.17) is 0 Å². The van der Waals surface area contributed by atoms with E-state index in [1.54, 1.807) is 12.1 Å². The Balaban J connectivity index is 2.76. The Labute approximate surface area is 102 Å². The lowest BCUT2D eigenvalue weighted by Crippen LogP contribution is -2.21. The first-order valence-corrected chi connectivity index (χ1v) is 5.14. The number of hydrogen-bond donors (Lipinski definition) is 0. The molecule has 0 N–H and O–H groups in total. The Morgan fingerprint density at radius 1 is 1.22 bits per heavy atom. The van der Waals surface area contributed by atoms with Crippen LogP contribution in [0.1, 0.15) is 17.9 Å². The number of ketones is 1. The number of carbonyl (C=O) groups excluding carboxylic acids is 1. The Morgan fingerprint density at radius 2 is 1.83 bits per heavy atom. The number of Topliss-reactive ketones (excluding diaryl/α,β-unsaturated/α-hetero) is 1. The molecular weight excluding hydrogens is 242 g/mol. The molecule has 1 atom stereocenters. The minimum atomic E-state index is -0.806. The van der Waals surface area contributed by atoms with E-state index in [9.17, 15) is 25.0 Å². The van der Waals surface area contributed by atoms with Crippen molar-refractivity contribution in [3.63, 3.8) is 0 Å². The molecular formula is C10H11N3O5. The van der Waals surface area contributed by atoms with Gasteiger partial charge in [-0.05, 0) is 17.7 Å². The molecule has 1 aromatic heterocycles. The molecule has 0 aliphatic rings. The number of aromatic nitrogens is 1. The number of carbonyl (C=O) groups is 1. The van der Waals surface area contributed by atoms with Gasteiger partial charge in [-0.3, -0.25) is 30.0 Å². The van der Waals surface area contributed by atoms with E-state index in [1.165, 1.54) is 12.4 Å². The summed E-state index contributed by atoms with van der Waals surface area (Å²) in [6.07, 6.45) is 2.70. The van der Waals surface area contributed by atoms with Crippen molar-refractivity contribution in [2.75, 3.05) is 13.1 Å². The van der Waals surface area contributed by atoms with Gasteiger partial charge in [0.15, 0.2) is 0 Å². The first-order valence-electron chi connectivity index (χ1n) is 5.14. The van der Waals surface area contributed by atoms with Gasteiger partial charge in [-0.15, -0.1) is 0 Å². The van der Waals surface area contributed by atoms with Crippen LogP contribution in [0.15, 0.2) is 24.5 Å². The number of nitro groups is 2. The van der Waals surface area contributed by atoms with E-state index >= 15 is 0 Å². The number of rotatable bonds is 7. The smallest absolute Gasteiger partial charge is 0.261 e. The van der Waals surface area contributed by atoms with Gasteiger partial charge in [0, 0.05) is 28.7 Å². The summed E-state index contributed by atoms with van der Waals surface area (Å²) in [7, 11) is 0. The minimum Gasteiger partial charge on any atom is -0.292 e. The van der Waals surface area contributed by atoms with Crippen LogP contribution in [0.5, 0.6) is 0 Å². The summed E-state index contributed by atoms with van der Waals surface area (Å²) in [6.45, 7) is -1.24. The molecule has 0 aromatic carbocycles. The van der Waals surface area contributed by atoms with Gasteiger partial charge in [0.2, 0.25) is 12.3 Å². The second kappa shape index (κ2) is 6.38. The van der Waals surface area contributed by atoms with Gasteiger partial charge < -0.3 is 0 Å². The molecule has 1 heterocycles. The summed E-state index contributed by atoms with van der Waals surface area (Å²) in [5.74, 6) is -1.28. The number of nitrogens with zero attached hydrogens (tertiary/aromatic N) is 3. The van der Waals surface area contributed by atoms with Crippen molar-refractivity contribution in [1.29, 1.82) is 0 Å². The monoisotopic (exact) mass is 253 g/mol. The molecule has 0 bridgehead atoms. The van der Waals surface area contributed by atoms with Gasteiger partial charge in [-0.2, -0.15) is 0 Å². The highest BCUT2D eigenvalue weighted by Gasteiger charge is 2.23.